The maximum atomic E-state index is 10.2. The molecule has 0 bridgehead atoms. The second kappa shape index (κ2) is 4.14. The molecule has 1 aliphatic heterocycles. The van der Waals surface area contributed by atoms with Gasteiger partial charge in [-0.05, 0) is 19.1 Å². The molecule has 1 N–H and O–H groups in total. The molecule has 0 saturated heterocycles. The smallest absolute Gasteiger partial charge is 0.143 e. The van der Waals surface area contributed by atoms with Crippen LogP contribution in [-0.2, 0) is 7.05 Å². The number of fused-ring (bicyclic) bond motifs is 1. The highest BCUT2D eigenvalue weighted by Gasteiger charge is 2.29. The van der Waals surface area contributed by atoms with Crippen molar-refractivity contribution >= 4 is 0 Å². The van der Waals surface area contributed by atoms with Crippen molar-refractivity contribution in [3.05, 3.63) is 47.5 Å². The van der Waals surface area contributed by atoms with Crippen molar-refractivity contribution in [2.45, 2.75) is 25.6 Å². The van der Waals surface area contributed by atoms with Gasteiger partial charge in [0.15, 0.2) is 0 Å². The van der Waals surface area contributed by atoms with Crippen LogP contribution in [0.25, 0.3) is 0 Å². The van der Waals surface area contributed by atoms with Crippen molar-refractivity contribution in [2.24, 2.45) is 7.05 Å². The van der Waals surface area contributed by atoms with Crippen LogP contribution >= 0.6 is 0 Å². The molecule has 3 rings (SSSR count). The zero-order chi connectivity index (χ0) is 12.7. The van der Waals surface area contributed by atoms with Gasteiger partial charge in [0.2, 0.25) is 0 Å². The molecular formula is C14H16N2O2. The van der Waals surface area contributed by atoms with Gasteiger partial charge in [-0.2, -0.15) is 0 Å². The monoisotopic (exact) mass is 244 g/mol. The highest BCUT2D eigenvalue weighted by molar-refractivity contribution is 5.40. The zero-order valence-electron chi connectivity index (χ0n) is 10.5. The molecule has 2 atom stereocenters. The summed E-state index contributed by atoms with van der Waals surface area (Å²) >= 11 is 0. The lowest BCUT2D eigenvalue weighted by Gasteiger charge is -2.30. The van der Waals surface area contributed by atoms with Gasteiger partial charge in [-0.25, -0.2) is 4.98 Å². The van der Waals surface area contributed by atoms with Crippen LogP contribution in [0, 0.1) is 6.92 Å². The molecule has 0 amide bonds. The van der Waals surface area contributed by atoms with Crippen LogP contribution in [0.2, 0.25) is 0 Å². The van der Waals surface area contributed by atoms with Crippen LogP contribution < -0.4 is 4.74 Å². The van der Waals surface area contributed by atoms with Gasteiger partial charge >= 0.3 is 0 Å². The number of aromatic nitrogens is 2. The summed E-state index contributed by atoms with van der Waals surface area (Å²) in [5, 5.41) is 10.2. The maximum absolute atomic E-state index is 10.2. The number of rotatable bonds is 1. The Morgan fingerprint density at radius 2 is 2.28 bits per heavy atom. The highest BCUT2D eigenvalue weighted by atomic mass is 16.5. The predicted molar refractivity (Wildman–Crippen MR) is 67.3 cm³/mol. The topological polar surface area (TPSA) is 47.3 Å². The van der Waals surface area contributed by atoms with E-state index in [1.807, 2.05) is 36.7 Å². The third-order valence-corrected chi connectivity index (χ3v) is 3.41. The fourth-order valence-electron chi connectivity index (χ4n) is 2.43. The summed E-state index contributed by atoms with van der Waals surface area (Å²) in [6.07, 6.45) is 3.48. The van der Waals surface area contributed by atoms with E-state index in [9.17, 15) is 5.11 Å². The van der Waals surface area contributed by atoms with Crippen molar-refractivity contribution in [3.63, 3.8) is 0 Å². The van der Waals surface area contributed by atoms with Crippen molar-refractivity contribution in [2.75, 3.05) is 0 Å². The molecule has 0 saturated carbocycles. The number of aliphatic hydroxyl groups excluding tert-OH is 1. The van der Waals surface area contributed by atoms with Crippen LogP contribution in [0.1, 0.15) is 35.4 Å². The number of benzene rings is 1. The standard InChI is InChI=1S/C14H16N2O2/c1-9-3-4-13-10(5-9)12(17)6-14(18-13)11-7-15-8-16(11)2/h3-5,7-8,12,14,17H,6H2,1-2H3/t12-,14?/m1/s1. The average Bonchev–Trinajstić information content (AvgIpc) is 2.76. The zero-order valence-corrected chi connectivity index (χ0v) is 10.5. The highest BCUT2D eigenvalue weighted by Crippen LogP contribution is 2.40. The third-order valence-electron chi connectivity index (χ3n) is 3.41. The van der Waals surface area contributed by atoms with Crippen molar-refractivity contribution < 1.29 is 9.84 Å². The molecule has 1 aromatic heterocycles. The number of ether oxygens (including phenoxy) is 1. The maximum Gasteiger partial charge on any atom is 0.143 e. The molecule has 94 valence electrons. The number of hydrogen-bond acceptors (Lipinski definition) is 3. The molecule has 0 aliphatic carbocycles. The normalized spacial score (nSPS) is 22.4. The van der Waals surface area contributed by atoms with E-state index in [-0.39, 0.29) is 6.10 Å². The number of aliphatic hydroxyl groups is 1. The summed E-state index contributed by atoms with van der Waals surface area (Å²) in [6.45, 7) is 2.01. The van der Waals surface area contributed by atoms with Crippen LogP contribution in [0.4, 0.5) is 0 Å². The Labute approximate surface area is 106 Å². The molecule has 2 aromatic rings. The van der Waals surface area contributed by atoms with Gasteiger partial charge in [0.25, 0.3) is 0 Å². The number of imidazole rings is 1. The van der Waals surface area contributed by atoms with Gasteiger partial charge in [-0.15, -0.1) is 0 Å². The first-order valence-corrected chi connectivity index (χ1v) is 6.06. The Kier molecular flexibility index (Phi) is 2.59. The Bertz CT molecular complexity index is 577. The van der Waals surface area contributed by atoms with E-state index in [1.54, 1.807) is 12.5 Å². The van der Waals surface area contributed by atoms with E-state index in [0.717, 1.165) is 22.6 Å². The average molecular weight is 244 g/mol. The SMILES string of the molecule is Cc1ccc2c(c1)[C@H](O)CC(c1cncn1C)O2. The van der Waals surface area contributed by atoms with Gasteiger partial charge in [0.05, 0.1) is 24.3 Å². The quantitative estimate of drug-likeness (QED) is 0.837. The van der Waals surface area contributed by atoms with Gasteiger partial charge < -0.3 is 14.4 Å². The molecule has 0 radical (unpaired) electrons. The second-order valence-corrected chi connectivity index (χ2v) is 4.83. The lowest BCUT2D eigenvalue weighted by Crippen LogP contribution is -2.20. The second-order valence-electron chi connectivity index (χ2n) is 4.83. The van der Waals surface area contributed by atoms with Gasteiger partial charge in [0, 0.05) is 19.0 Å². The summed E-state index contributed by atoms with van der Waals surface area (Å²) in [4.78, 5) is 4.09. The van der Waals surface area contributed by atoms with Crippen LogP contribution in [0.5, 0.6) is 5.75 Å². The largest absolute Gasteiger partial charge is 0.484 e. The summed E-state index contributed by atoms with van der Waals surface area (Å²) in [7, 11) is 1.93. The molecule has 2 heterocycles. The summed E-state index contributed by atoms with van der Waals surface area (Å²) < 4.78 is 7.89. The molecule has 4 nitrogen and oxygen atoms in total. The summed E-state index contributed by atoms with van der Waals surface area (Å²) in [5.74, 6) is 0.769. The van der Waals surface area contributed by atoms with E-state index >= 15 is 0 Å². The molecule has 1 aliphatic rings. The van der Waals surface area contributed by atoms with Crippen LogP contribution in [0.3, 0.4) is 0 Å². The molecule has 0 fully saturated rings. The molecule has 4 heteroatoms. The van der Waals surface area contributed by atoms with Crippen molar-refractivity contribution in [1.82, 2.24) is 9.55 Å². The lowest BCUT2D eigenvalue weighted by atomic mass is 9.96. The molecule has 18 heavy (non-hydrogen) atoms. The predicted octanol–water partition coefficient (Wildman–Crippen LogP) is 2.29. The molecule has 1 unspecified atom stereocenters. The fourth-order valence-corrected chi connectivity index (χ4v) is 2.43. The van der Waals surface area contributed by atoms with Crippen molar-refractivity contribution in [3.8, 4) is 5.75 Å². The van der Waals surface area contributed by atoms with Crippen molar-refractivity contribution in [1.29, 1.82) is 0 Å². The van der Waals surface area contributed by atoms with E-state index in [2.05, 4.69) is 4.98 Å². The molecular weight excluding hydrogens is 228 g/mol. The first-order chi connectivity index (χ1) is 8.65. The Morgan fingerprint density at radius 3 is 3.00 bits per heavy atom. The first kappa shape index (κ1) is 11.3. The minimum absolute atomic E-state index is 0.136. The van der Waals surface area contributed by atoms with Crippen LogP contribution in [0.15, 0.2) is 30.7 Å². The number of aryl methyl sites for hydroxylation is 2. The minimum atomic E-state index is -0.478. The van der Waals surface area contributed by atoms with Crippen LogP contribution in [-0.4, -0.2) is 14.7 Å². The lowest BCUT2D eigenvalue weighted by molar-refractivity contribution is 0.0622. The summed E-state index contributed by atoms with van der Waals surface area (Å²) in [5.41, 5.74) is 3.00. The molecule has 0 spiro atoms. The van der Waals surface area contributed by atoms with Gasteiger partial charge in [0.1, 0.15) is 11.9 Å². The number of hydrogen-bond donors (Lipinski definition) is 1. The Balaban J connectivity index is 1.97. The van der Waals surface area contributed by atoms with E-state index < -0.39 is 6.10 Å². The third kappa shape index (κ3) is 1.78. The van der Waals surface area contributed by atoms with E-state index in [0.29, 0.717) is 6.42 Å². The molecule has 1 aromatic carbocycles. The van der Waals surface area contributed by atoms with E-state index in [4.69, 9.17) is 4.74 Å². The fraction of sp³-hybridized carbons (Fsp3) is 0.357. The van der Waals surface area contributed by atoms with E-state index in [1.165, 1.54) is 0 Å². The van der Waals surface area contributed by atoms with Gasteiger partial charge in [-0.3, -0.25) is 0 Å². The number of nitrogens with zero attached hydrogens (tertiary/aromatic N) is 2. The minimum Gasteiger partial charge on any atom is -0.484 e. The Hall–Kier alpha value is -1.81. The van der Waals surface area contributed by atoms with Gasteiger partial charge in [-0.1, -0.05) is 11.6 Å². The first-order valence-electron chi connectivity index (χ1n) is 6.06. The summed E-state index contributed by atoms with van der Waals surface area (Å²) in [6, 6.07) is 5.91. The Morgan fingerprint density at radius 1 is 1.44 bits per heavy atom.